The molecular formula is C14H21NO. The molecule has 2 nitrogen and oxygen atoms in total. The van der Waals surface area contributed by atoms with Crippen LogP contribution in [0.4, 0.5) is 0 Å². The zero-order valence-corrected chi connectivity index (χ0v) is 9.78. The second kappa shape index (κ2) is 5.46. The van der Waals surface area contributed by atoms with Crippen molar-refractivity contribution in [2.75, 3.05) is 13.1 Å². The smallest absolute Gasteiger partial charge is 0.0772 e. The Morgan fingerprint density at radius 2 is 2.06 bits per heavy atom. The van der Waals surface area contributed by atoms with Gasteiger partial charge in [-0.25, -0.2) is 0 Å². The molecule has 1 aliphatic rings. The minimum absolute atomic E-state index is 0.451. The van der Waals surface area contributed by atoms with E-state index < -0.39 is 5.60 Å². The third-order valence-corrected chi connectivity index (χ3v) is 3.40. The van der Waals surface area contributed by atoms with Crippen molar-refractivity contribution >= 4 is 0 Å². The van der Waals surface area contributed by atoms with E-state index in [0.29, 0.717) is 0 Å². The fourth-order valence-electron chi connectivity index (χ4n) is 2.43. The van der Waals surface area contributed by atoms with E-state index in [1.165, 1.54) is 5.56 Å². The second-order valence-electron chi connectivity index (χ2n) is 4.84. The fraction of sp³-hybridized carbons (Fsp3) is 0.571. The molecule has 88 valence electrons. The first-order chi connectivity index (χ1) is 7.79. The molecule has 1 fully saturated rings. The van der Waals surface area contributed by atoms with Crippen LogP contribution in [0.3, 0.4) is 0 Å². The van der Waals surface area contributed by atoms with Gasteiger partial charge < -0.3 is 10.4 Å². The van der Waals surface area contributed by atoms with E-state index in [4.69, 9.17) is 0 Å². The van der Waals surface area contributed by atoms with Crippen molar-refractivity contribution in [3.8, 4) is 0 Å². The molecule has 0 saturated carbocycles. The number of aliphatic hydroxyl groups is 1. The third kappa shape index (κ3) is 3.32. The van der Waals surface area contributed by atoms with Crippen molar-refractivity contribution < 1.29 is 5.11 Å². The lowest BCUT2D eigenvalue weighted by Gasteiger charge is -2.32. The highest BCUT2D eigenvalue weighted by molar-refractivity contribution is 5.14. The van der Waals surface area contributed by atoms with Gasteiger partial charge in [-0.3, -0.25) is 0 Å². The first-order valence-electron chi connectivity index (χ1n) is 6.26. The Labute approximate surface area is 97.7 Å². The molecule has 1 unspecified atom stereocenters. The van der Waals surface area contributed by atoms with Crippen molar-refractivity contribution in [1.82, 2.24) is 5.32 Å². The number of β-amino-alcohol motifs (C(OH)–C–C–N with tert-alkyl or cyclic N) is 1. The maximum Gasteiger partial charge on any atom is 0.0772 e. The minimum Gasteiger partial charge on any atom is -0.389 e. The van der Waals surface area contributed by atoms with Gasteiger partial charge in [0.25, 0.3) is 0 Å². The summed E-state index contributed by atoms with van der Waals surface area (Å²) in [6.45, 7) is 1.82. The highest BCUT2D eigenvalue weighted by Gasteiger charge is 2.27. The summed E-state index contributed by atoms with van der Waals surface area (Å²) in [4.78, 5) is 0. The summed E-state index contributed by atoms with van der Waals surface area (Å²) in [7, 11) is 0. The van der Waals surface area contributed by atoms with Crippen LogP contribution >= 0.6 is 0 Å². The van der Waals surface area contributed by atoms with Crippen LogP contribution in [0, 0.1) is 0 Å². The third-order valence-electron chi connectivity index (χ3n) is 3.40. The van der Waals surface area contributed by atoms with Gasteiger partial charge in [0.2, 0.25) is 0 Å². The molecule has 2 heteroatoms. The quantitative estimate of drug-likeness (QED) is 0.813. The van der Waals surface area contributed by atoms with Gasteiger partial charge in [0.1, 0.15) is 0 Å². The molecule has 1 saturated heterocycles. The maximum atomic E-state index is 10.3. The Morgan fingerprint density at radius 3 is 2.75 bits per heavy atom. The van der Waals surface area contributed by atoms with Crippen molar-refractivity contribution in [2.24, 2.45) is 0 Å². The van der Waals surface area contributed by atoms with E-state index in [1.54, 1.807) is 0 Å². The summed E-state index contributed by atoms with van der Waals surface area (Å²) in [5.41, 5.74) is 0.919. The maximum absolute atomic E-state index is 10.3. The fourth-order valence-corrected chi connectivity index (χ4v) is 2.43. The molecule has 1 aromatic carbocycles. The van der Waals surface area contributed by atoms with Crippen LogP contribution in [0.2, 0.25) is 0 Å². The van der Waals surface area contributed by atoms with Gasteiger partial charge in [0.15, 0.2) is 0 Å². The molecule has 2 N–H and O–H groups in total. The Morgan fingerprint density at radius 1 is 1.25 bits per heavy atom. The number of benzene rings is 1. The number of rotatable bonds is 4. The average Bonchev–Trinajstić information content (AvgIpc) is 2.31. The van der Waals surface area contributed by atoms with Gasteiger partial charge in [-0.2, -0.15) is 0 Å². The van der Waals surface area contributed by atoms with Gasteiger partial charge in [0, 0.05) is 6.54 Å². The number of aryl methyl sites for hydroxylation is 1. The van der Waals surface area contributed by atoms with Crippen LogP contribution in [-0.4, -0.2) is 23.8 Å². The minimum atomic E-state index is -0.451. The molecule has 1 atom stereocenters. The normalized spacial score (nSPS) is 25.6. The topological polar surface area (TPSA) is 32.3 Å². The van der Waals surface area contributed by atoms with Crippen molar-refractivity contribution in [3.05, 3.63) is 35.9 Å². The molecule has 0 aromatic heterocycles. The van der Waals surface area contributed by atoms with E-state index >= 15 is 0 Å². The van der Waals surface area contributed by atoms with E-state index in [0.717, 1.165) is 45.2 Å². The Balaban J connectivity index is 1.75. The number of hydrogen-bond donors (Lipinski definition) is 2. The zero-order chi connectivity index (χ0) is 11.3. The van der Waals surface area contributed by atoms with E-state index in [-0.39, 0.29) is 0 Å². The Hall–Kier alpha value is -0.860. The van der Waals surface area contributed by atoms with Crippen LogP contribution in [-0.2, 0) is 6.42 Å². The lowest BCUT2D eigenvalue weighted by molar-refractivity contribution is 0.00697. The van der Waals surface area contributed by atoms with Crippen molar-refractivity contribution in [1.29, 1.82) is 0 Å². The molecule has 0 aliphatic carbocycles. The van der Waals surface area contributed by atoms with E-state index in [9.17, 15) is 5.11 Å². The predicted molar refractivity (Wildman–Crippen MR) is 66.4 cm³/mol. The van der Waals surface area contributed by atoms with E-state index in [1.807, 2.05) is 6.07 Å². The standard InChI is InChI=1S/C14H21NO/c16-14(10-5-11-15-12-14)9-4-8-13-6-2-1-3-7-13/h1-3,6-7,15-16H,4-5,8-12H2. The van der Waals surface area contributed by atoms with Gasteiger partial charge in [0.05, 0.1) is 5.60 Å². The molecule has 0 amide bonds. The average molecular weight is 219 g/mol. The van der Waals surface area contributed by atoms with Crippen LogP contribution in [0.1, 0.15) is 31.2 Å². The molecule has 1 aliphatic heterocycles. The molecule has 16 heavy (non-hydrogen) atoms. The van der Waals surface area contributed by atoms with Gasteiger partial charge in [-0.15, -0.1) is 0 Å². The molecule has 1 heterocycles. The summed E-state index contributed by atoms with van der Waals surface area (Å²) in [6.07, 6.45) is 5.11. The largest absolute Gasteiger partial charge is 0.389 e. The number of piperidine rings is 1. The number of nitrogens with one attached hydrogen (secondary N) is 1. The first-order valence-corrected chi connectivity index (χ1v) is 6.26. The zero-order valence-electron chi connectivity index (χ0n) is 9.78. The van der Waals surface area contributed by atoms with Crippen molar-refractivity contribution in [2.45, 2.75) is 37.7 Å². The van der Waals surface area contributed by atoms with Crippen LogP contribution in [0.15, 0.2) is 30.3 Å². The molecule has 0 radical (unpaired) electrons. The molecule has 2 rings (SSSR count). The summed E-state index contributed by atoms with van der Waals surface area (Å²) in [5, 5.41) is 13.6. The van der Waals surface area contributed by atoms with E-state index in [2.05, 4.69) is 29.6 Å². The summed E-state index contributed by atoms with van der Waals surface area (Å²) >= 11 is 0. The monoisotopic (exact) mass is 219 g/mol. The summed E-state index contributed by atoms with van der Waals surface area (Å²) in [6, 6.07) is 10.5. The molecule has 0 bridgehead atoms. The predicted octanol–water partition coefficient (Wildman–Crippen LogP) is 2.12. The van der Waals surface area contributed by atoms with Crippen LogP contribution < -0.4 is 5.32 Å². The second-order valence-corrected chi connectivity index (χ2v) is 4.84. The Bertz CT molecular complexity index is 304. The highest BCUT2D eigenvalue weighted by Crippen LogP contribution is 2.22. The molecule has 1 aromatic rings. The first kappa shape index (κ1) is 11.6. The SMILES string of the molecule is OC1(CCCc2ccccc2)CCCNC1. The van der Waals surface area contributed by atoms with Gasteiger partial charge >= 0.3 is 0 Å². The van der Waals surface area contributed by atoms with Crippen LogP contribution in [0.25, 0.3) is 0 Å². The summed E-state index contributed by atoms with van der Waals surface area (Å²) < 4.78 is 0. The lowest BCUT2D eigenvalue weighted by atomic mass is 9.88. The van der Waals surface area contributed by atoms with Gasteiger partial charge in [-0.05, 0) is 44.2 Å². The lowest BCUT2D eigenvalue weighted by Crippen LogP contribution is -2.45. The number of hydrogen-bond acceptors (Lipinski definition) is 2. The highest BCUT2D eigenvalue weighted by atomic mass is 16.3. The van der Waals surface area contributed by atoms with Crippen LogP contribution in [0.5, 0.6) is 0 Å². The molecular weight excluding hydrogens is 198 g/mol. The summed E-state index contributed by atoms with van der Waals surface area (Å²) in [5.74, 6) is 0. The van der Waals surface area contributed by atoms with Gasteiger partial charge in [-0.1, -0.05) is 30.3 Å². The molecule has 0 spiro atoms. The van der Waals surface area contributed by atoms with Crippen molar-refractivity contribution in [3.63, 3.8) is 0 Å². The Kier molecular flexibility index (Phi) is 3.97.